The molecule has 2 aliphatic rings. The Morgan fingerprint density at radius 2 is 1.86 bits per heavy atom. The zero-order chi connectivity index (χ0) is 21.3. The molecule has 0 unspecified atom stereocenters. The Bertz CT molecular complexity index is 815. The zero-order valence-corrected chi connectivity index (χ0v) is 21.2. The fraction of sp³-hybridized carbons (Fsp3) is 0.652. The lowest BCUT2D eigenvalue weighted by atomic mass is 9.72. The monoisotopic (exact) mass is 529 g/mol. The number of hydrogen-bond acceptors (Lipinski definition) is 4. The van der Waals surface area contributed by atoms with Crippen LogP contribution in [-0.2, 0) is 32.7 Å². The molecule has 6 heteroatoms. The highest BCUT2D eigenvalue weighted by atomic mass is 127. The molecule has 1 aliphatic carbocycles. The standard InChI is InChI=1S/C23H32INO3S/c1-6-28-19(26)12-17-14(2)20-18(15(3)21(17)29-24)13-25(22(27)23(20,4)5)16-10-8-7-9-11-16/h16H,6-13H2,1-5H3. The Balaban J connectivity index is 2.12. The molecule has 3 rings (SSSR count). The number of fused-ring (bicyclic) bond motifs is 1. The predicted molar refractivity (Wildman–Crippen MR) is 127 cm³/mol. The summed E-state index contributed by atoms with van der Waals surface area (Å²) < 4.78 is 5.23. The van der Waals surface area contributed by atoms with E-state index in [-0.39, 0.29) is 18.3 Å². The van der Waals surface area contributed by atoms with E-state index in [0.29, 0.717) is 19.2 Å². The van der Waals surface area contributed by atoms with Crippen LogP contribution in [0.2, 0.25) is 0 Å². The Morgan fingerprint density at radius 1 is 1.21 bits per heavy atom. The number of carbonyl (C=O) groups is 2. The van der Waals surface area contributed by atoms with Crippen molar-refractivity contribution in [3.63, 3.8) is 0 Å². The summed E-state index contributed by atoms with van der Waals surface area (Å²) in [5.74, 6) is 0.0294. The van der Waals surface area contributed by atoms with Gasteiger partial charge in [0, 0.05) is 38.7 Å². The van der Waals surface area contributed by atoms with Crippen LogP contribution in [0.5, 0.6) is 0 Å². The van der Waals surface area contributed by atoms with Crippen molar-refractivity contribution in [1.82, 2.24) is 4.90 Å². The van der Waals surface area contributed by atoms with Crippen LogP contribution in [0.3, 0.4) is 0 Å². The van der Waals surface area contributed by atoms with Crippen LogP contribution in [0, 0.1) is 13.8 Å². The minimum absolute atomic E-state index is 0.203. The van der Waals surface area contributed by atoms with Crippen LogP contribution >= 0.6 is 30.1 Å². The zero-order valence-electron chi connectivity index (χ0n) is 18.2. The molecule has 0 N–H and O–H groups in total. The maximum atomic E-state index is 13.6. The first-order chi connectivity index (χ1) is 13.7. The molecule has 1 saturated carbocycles. The Kier molecular flexibility index (Phi) is 7.24. The molecule has 1 fully saturated rings. The number of hydrogen-bond donors (Lipinski definition) is 0. The molecule has 1 amide bonds. The third-order valence-electron chi connectivity index (χ3n) is 6.66. The maximum Gasteiger partial charge on any atom is 0.310 e. The number of amides is 1. The molecule has 0 radical (unpaired) electrons. The van der Waals surface area contributed by atoms with Crippen LogP contribution in [-0.4, -0.2) is 29.4 Å². The normalized spacial score (nSPS) is 19.2. The number of carbonyl (C=O) groups excluding carboxylic acids is 2. The van der Waals surface area contributed by atoms with Crippen molar-refractivity contribution in [2.75, 3.05) is 6.61 Å². The molecule has 0 bridgehead atoms. The highest BCUT2D eigenvalue weighted by Gasteiger charge is 2.45. The minimum atomic E-state index is -0.586. The second-order valence-electron chi connectivity index (χ2n) is 8.82. The van der Waals surface area contributed by atoms with E-state index in [1.165, 1.54) is 30.4 Å². The van der Waals surface area contributed by atoms with Gasteiger partial charge in [0.2, 0.25) is 5.91 Å². The van der Waals surface area contributed by atoms with Gasteiger partial charge < -0.3 is 9.64 Å². The summed E-state index contributed by atoms with van der Waals surface area (Å²) in [6.07, 6.45) is 6.20. The van der Waals surface area contributed by atoms with Gasteiger partial charge in [0.1, 0.15) is 0 Å². The molecular formula is C23H32INO3S. The molecular weight excluding hydrogens is 497 g/mol. The fourth-order valence-electron chi connectivity index (χ4n) is 5.21. The minimum Gasteiger partial charge on any atom is -0.466 e. The molecule has 0 atom stereocenters. The van der Waals surface area contributed by atoms with E-state index >= 15 is 0 Å². The van der Waals surface area contributed by atoms with E-state index in [4.69, 9.17) is 4.74 Å². The molecule has 0 saturated heterocycles. The average Bonchev–Trinajstić information content (AvgIpc) is 2.69. The molecule has 1 heterocycles. The van der Waals surface area contributed by atoms with Crippen LogP contribution in [0.1, 0.15) is 80.7 Å². The van der Waals surface area contributed by atoms with Crippen molar-refractivity contribution in [2.45, 2.75) is 96.0 Å². The van der Waals surface area contributed by atoms with E-state index in [0.717, 1.165) is 34.4 Å². The third-order valence-corrected chi connectivity index (χ3v) is 8.69. The van der Waals surface area contributed by atoms with E-state index in [2.05, 4.69) is 53.8 Å². The van der Waals surface area contributed by atoms with Gasteiger partial charge in [-0.05, 0) is 75.3 Å². The second-order valence-corrected chi connectivity index (χ2v) is 10.7. The SMILES string of the molecule is CCOC(=O)Cc1c(C)c2c(c(C)c1SI)CN(C1CCCCC1)C(=O)C2(C)C. The van der Waals surface area contributed by atoms with Gasteiger partial charge in [-0.2, -0.15) is 0 Å². The molecule has 29 heavy (non-hydrogen) atoms. The van der Waals surface area contributed by atoms with Gasteiger partial charge in [-0.15, -0.1) is 0 Å². The predicted octanol–water partition coefficient (Wildman–Crippen LogP) is 5.80. The lowest BCUT2D eigenvalue weighted by molar-refractivity contribution is -0.142. The second kappa shape index (κ2) is 9.16. The summed E-state index contributed by atoms with van der Waals surface area (Å²) >= 11 is 2.31. The van der Waals surface area contributed by atoms with Crippen molar-refractivity contribution in [3.8, 4) is 0 Å². The molecule has 1 aromatic carbocycles. The van der Waals surface area contributed by atoms with Crippen molar-refractivity contribution < 1.29 is 14.3 Å². The molecule has 0 spiro atoms. The largest absolute Gasteiger partial charge is 0.466 e. The quantitative estimate of drug-likeness (QED) is 0.357. The van der Waals surface area contributed by atoms with E-state index < -0.39 is 5.41 Å². The van der Waals surface area contributed by atoms with Gasteiger partial charge >= 0.3 is 5.97 Å². The average molecular weight is 529 g/mol. The lowest BCUT2D eigenvalue weighted by Crippen LogP contribution is -2.53. The first kappa shape index (κ1) is 22.9. The first-order valence-electron chi connectivity index (χ1n) is 10.6. The topological polar surface area (TPSA) is 46.6 Å². The Hall–Kier alpha value is -0.760. The molecule has 4 nitrogen and oxygen atoms in total. The number of esters is 1. The van der Waals surface area contributed by atoms with Crippen LogP contribution < -0.4 is 0 Å². The van der Waals surface area contributed by atoms with E-state index in [9.17, 15) is 9.59 Å². The third kappa shape index (κ3) is 4.21. The number of benzene rings is 1. The van der Waals surface area contributed by atoms with Gasteiger partial charge in [0.25, 0.3) is 0 Å². The summed E-state index contributed by atoms with van der Waals surface area (Å²) in [4.78, 5) is 29.2. The Morgan fingerprint density at radius 3 is 2.45 bits per heavy atom. The van der Waals surface area contributed by atoms with E-state index in [1.54, 1.807) is 8.93 Å². The first-order valence-corrected chi connectivity index (χ1v) is 14.0. The number of ether oxygens (including phenoxy) is 1. The number of halogens is 1. The van der Waals surface area contributed by atoms with Gasteiger partial charge in [0.05, 0.1) is 18.4 Å². The van der Waals surface area contributed by atoms with Crippen LogP contribution in [0.4, 0.5) is 0 Å². The molecule has 0 aromatic heterocycles. The molecule has 1 aliphatic heterocycles. The Labute approximate surface area is 191 Å². The van der Waals surface area contributed by atoms with Crippen molar-refractivity contribution in [1.29, 1.82) is 0 Å². The van der Waals surface area contributed by atoms with Crippen molar-refractivity contribution in [2.24, 2.45) is 0 Å². The highest BCUT2D eigenvalue weighted by Crippen LogP contribution is 2.46. The molecule has 1 aromatic rings. The summed E-state index contributed by atoms with van der Waals surface area (Å²) in [7, 11) is 1.67. The van der Waals surface area contributed by atoms with Gasteiger partial charge in [-0.3, -0.25) is 9.59 Å². The van der Waals surface area contributed by atoms with Crippen molar-refractivity contribution >= 4 is 42.0 Å². The summed E-state index contributed by atoms with van der Waals surface area (Å²) in [5, 5.41) is 0. The lowest BCUT2D eigenvalue weighted by Gasteiger charge is -2.46. The number of rotatable bonds is 5. The van der Waals surface area contributed by atoms with Gasteiger partial charge in [-0.25, -0.2) is 0 Å². The number of nitrogens with zero attached hydrogens (tertiary/aromatic N) is 1. The van der Waals surface area contributed by atoms with E-state index in [1.807, 2.05) is 6.92 Å². The molecule has 160 valence electrons. The van der Waals surface area contributed by atoms with Crippen LogP contribution in [0.25, 0.3) is 0 Å². The summed E-state index contributed by atoms with van der Waals surface area (Å²) in [6.45, 7) is 11.3. The maximum absolute atomic E-state index is 13.6. The van der Waals surface area contributed by atoms with Gasteiger partial charge in [0.15, 0.2) is 0 Å². The highest BCUT2D eigenvalue weighted by molar-refractivity contribution is 14.2. The van der Waals surface area contributed by atoms with Gasteiger partial charge in [-0.1, -0.05) is 28.2 Å². The summed E-state index contributed by atoms with van der Waals surface area (Å²) in [6, 6.07) is 0.360. The summed E-state index contributed by atoms with van der Waals surface area (Å²) in [5.41, 5.74) is 5.14. The van der Waals surface area contributed by atoms with Crippen LogP contribution in [0.15, 0.2) is 4.90 Å². The van der Waals surface area contributed by atoms with Crippen molar-refractivity contribution in [3.05, 3.63) is 27.8 Å². The smallest absolute Gasteiger partial charge is 0.310 e. The fourth-order valence-corrected chi connectivity index (χ4v) is 7.56.